The van der Waals surface area contributed by atoms with Gasteiger partial charge in [-0.3, -0.25) is 4.90 Å². The van der Waals surface area contributed by atoms with Gasteiger partial charge in [-0.2, -0.15) is 0 Å². The van der Waals surface area contributed by atoms with Crippen molar-refractivity contribution in [1.82, 2.24) is 4.90 Å². The molecular weight excluding hydrogens is 312 g/mol. The molecule has 5 atom stereocenters. The van der Waals surface area contributed by atoms with E-state index in [2.05, 4.69) is 28.0 Å². The molecule has 4 heteroatoms. The van der Waals surface area contributed by atoms with Crippen LogP contribution in [0.4, 0.5) is 5.69 Å². The van der Waals surface area contributed by atoms with Gasteiger partial charge in [0.1, 0.15) is 12.4 Å². The second kappa shape index (κ2) is 4.34. The average Bonchev–Trinajstić information content (AvgIpc) is 3.30. The molecule has 6 aliphatic rings. The largest absolute Gasteiger partial charge is 0.490 e. The van der Waals surface area contributed by atoms with Gasteiger partial charge in [0, 0.05) is 29.5 Å². The summed E-state index contributed by atoms with van der Waals surface area (Å²) in [6, 6.07) is 8.14. The maximum atomic E-state index is 6.40. The van der Waals surface area contributed by atoms with E-state index in [0.29, 0.717) is 29.0 Å². The third kappa shape index (κ3) is 1.36. The maximum Gasteiger partial charge on any atom is 0.143 e. The van der Waals surface area contributed by atoms with Crippen molar-refractivity contribution in [2.24, 2.45) is 5.41 Å². The Kier molecular flexibility index (Phi) is 2.41. The zero-order valence-corrected chi connectivity index (χ0v) is 14.7. The lowest BCUT2D eigenvalue weighted by molar-refractivity contribution is -0.0872. The summed E-state index contributed by atoms with van der Waals surface area (Å²) in [4.78, 5) is 5.58. The third-order valence-corrected chi connectivity index (χ3v) is 8.61. The number of nitrogens with zero attached hydrogens (tertiary/aromatic N) is 2. The van der Waals surface area contributed by atoms with Crippen LogP contribution >= 0.6 is 0 Å². The van der Waals surface area contributed by atoms with Crippen LogP contribution in [0.1, 0.15) is 37.7 Å². The van der Waals surface area contributed by atoms with E-state index < -0.39 is 0 Å². The Balaban J connectivity index is 1.51. The molecule has 4 nitrogen and oxygen atoms in total. The van der Waals surface area contributed by atoms with Crippen molar-refractivity contribution in [3.05, 3.63) is 23.8 Å². The quantitative estimate of drug-likeness (QED) is 0.726. The molecule has 0 bridgehead atoms. The summed E-state index contributed by atoms with van der Waals surface area (Å²) in [5.74, 6) is 1.13. The smallest absolute Gasteiger partial charge is 0.143 e. The number of hydrogen-bond donors (Lipinski definition) is 0. The number of rotatable bonds is 0. The van der Waals surface area contributed by atoms with E-state index in [0.717, 1.165) is 25.5 Å². The summed E-state index contributed by atoms with van der Waals surface area (Å²) in [6.45, 7) is 5.41. The van der Waals surface area contributed by atoms with Crippen molar-refractivity contribution in [3.8, 4) is 5.75 Å². The molecule has 1 aromatic carbocycles. The number of benzene rings is 1. The minimum absolute atomic E-state index is 0.309. The Bertz CT molecular complexity index is 766. The normalized spacial score (nSPS) is 46.2. The molecule has 4 fully saturated rings. The van der Waals surface area contributed by atoms with Crippen molar-refractivity contribution in [1.29, 1.82) is 0 Å². The van der Waals surface area contributed by atoms with Crippen molar-refractivity contribution in [2.75, 3.05) is 37.7 Å². The van der Waals surface area contributed by atoms with Crippen LogP contribution in [0.3, 0.4) is 0 Å². The number of piperidine rings is 1. The van der Waals surface area contributed by atoms with Crippen LogP contribution in [0.25, 0.3) is 0 Å². The van der Waals surface area contributed by atoms with Gasteiger partial charge in [0.2, 0.25) is 0 Å². The van der Waals surface area contributed by atoms with E-state index in [1.165, 1.54) is 50.9 Å². The van der Waals surface area contributed by atoms with Crippen LogP contribution in [0.2, 0.25) is 0 Å². The summed E-state index contributed by atoms with van der Waals surface area (Å²) in [5, 5.41) is 0. The van der Waals surface area contributed by atoms with Crippen LogP contribution in [-0.4, -0.2) is 55.9 Å². The first-order chi connectivity index (χ1) is 12.3. The number of fused-ring (bicyclic) bond motifs is 1. The highest BCUT2D eigenvalue weighted by atomic mass is 16.5. The molecule has 7 rings (SSSR count). The fourth-order valence-electron chi connectivity index (χ4n) is 8.02. The number of anilines is 1. The second-order valence-electron chi connectivity index (χ2n) is 9.12. The van der Waals surface area contributed by atoms with Gasteiger partial charge in [-0.25, -0.2) is 0 Å². The van der Waals surface area contributed by atoms with E-state index in [1.807, 2.05) is 0 Å². The Morgan fingerprint density at radius 1 is 1.04 bits per heavy atom. The highest BCUT2D eigenvalue weighted by Gasteiger charge is 2.72. The van der Waals surface area contributed by atoms with Gasteiger partial charge >= 0.3 is 0 Å². The highest BCUT2D eigenvalue weighted by molar-refractivity contribution is 5.74. The van der Waals surface area contributed by atoms with Crippen molar-refractivity contribution >= 4 is 5.69 Å². The predicted octanol–water partition coefficient (Wildman–Crippen LogP) is 2.55. The van der Waals surface area contributed by atoms with Crippen LogP contribution in [0, 0.1) is 5.41 Å². The van der Waals surface area contributed by atoms with E-state index in [4.69, 9.17) is 9.47 Å². The Hall–Kier alpha value is -1.26. The molecule has 3 saturated heterocycles. The minimum atomic E-state index is 0.309. The molecule has 132 valence electrons. The SMILES string of the molecule is c1cc2c3c(c1)[C@]14CCN5CCC[C@@]6(CCO[C@H]6C[C@H]1N3CCO2)[C@@H]54. The first-order valence-corrected chi connectivity index (χ1v) is 10.2. The monoisotopic (exact) mass is 338 g/mol. The van der Waals surface area contributed by atoms with Crippen LogP contribution < -0.4 is 9.64 Å². The van der Waals surface area contributed by atoms with Gasteiger partial charge in [0.15, 0.2) is 0 Å². The third-order valence-electron chi connectivity index (χ3n) is 8.61. The molecule has 1 aromatic rings. The molecule has 1 aliphatic carbocycles. The lowest BCUT2D eigenvalue weighted by Crippen LogP contribution is -2.68. The number of para-hydroxylation sites is 1. The minimum Gasteiger partial charge on any atom is -0.490 e. The number of hydrogen-bond acceptors (Lipinski definition) is 4. The fourth-order valence-corrected chi connectivity index (χ4v) is 8.02. The summed E-state index contributed by atoms with van der Waals surface area (Å²) >= 11 is 0. The van der Waals surface area contributed by atoms with Crippen LogP contribution in [-0.2, 0) is 10.2 Å². The molecule has 0 amide bonds. The van der Waals surface area contributed by atoms with Gasteiger partial charge < -0.3 is 14.4 Å². The molecule has 1 saturated carbocycles. The van der Waals surface area contributed by atoms with E-state index in [-0.39, 0.29) is 0 Å². The van der Waals surface area contributed by atoms with Crippen LogP contribution in [0.5, 0.6) is 5.75 Å². The summed E-state index contributed by atoms with van der Waals surface area (Å²) in [5.41, 5.74) is 3.75. The van der Waals surface area contributed by atoms with E-state index >= 15 is 0 Å². The summed E-state index contributed by atoms with van der Waals surface area (Å²) < 4.78 is 12.5. The molecule has 5 heterocycles. The topological polar surface area (TPSA) is 24.9 Å². The highest BCUT2D eigenvalue weighted by Crippen LogP contribution is 2.68. The molecule has 0 aromatic heterocycles. The molecule has 0 N–H and O–H groups in total. The molecule has 25 heavy (non-hydrogen) atoms. The summed E-state index contributed by atoms with van der Waals surface area (Å²) in [7, 11) is 0. The lowest BCUT2D eigenvalue weighted by Gasteiger charge is -2.59. The molecule has 0 radical (unpaired) electrons. The Morgan fingerprint density at radius 2 is 2.04 bits per heavy atom. The second-order valence-corrected chi connectivity index (χ2v) is 9.12. The fraction of sp³-hybridized carbons (Fsp3) is 0.714. The maximum absolute atomic E-state index is 6.40. The molecule has 0 unspecified atom stereocenters. The standard InChI is InChI=1S/C21H26N2O2/c1-3-14-18-15(4-1)24-12-10-23(18)16-13-17-20(7-11-25-17)5-2-8-22-9-6-21(14,16)19(20)22/h1,3-4,16-17,19H,2,5-13H2/t16-,17+,19-,20+,21-/m1/s1. The average molecular weight is 338 g/mol. The van der Waals surface area contributed by atoms with Gasteiger partial charge in [-0.1, -0.05) is 12.1 Å². The zero-order valence-electron chi connectivity index (χ0n) is 14.7. The van der Waals surface area contributed by atoms with Crippen LogP contribution in [0.15, 0.2) is 18.2 Å². The van der Waals surface area contributed by atoms with Gasteiger partial charge in [0.05, 0.1) is 18.3 Å². The molecule has 5 aliphatic heterocycles. The Labute approximate surface area is 149 Å². The molecular formula is C21H26N2O2. The van der Waals surface area contributed by atoms with E-state index in [1.54, 1.807) is 5.56 Å². The van der Waals surface area contributed by atoms with Gasteiger partial charge in [-0.05, 0) is 56.8 Å². The van der Waals surface area contributed by atoms with Crippen molar-refractivity contribution < 1.29 is 9.47 Å². The van der Waals surface area contributed by atoms with Gasteiger partial charge in [0.25, 0.3) is 0 Å². The first kappa shape index (κ1) is 13.9. The predicted molar refractivity (Wildman–Crippen MR) is 95.4 cm³/mol. The van der Waals surface area contributed by atoms with Crippen molar-refractivity contribution in [2.45, 2.75) is 55.7 Å². The zero-order chi connectivity index (χ0) is 16.2. The Morgan fingerprint density at radius 3 is 3.04 bits per heavy atom. The van der Waals surface area contributed by atoms with Gasteiger partial charge in [-0.15, -0.1) is 0 Å². The summed E-state index contributed by atoms with van der Waals surface area (Å²) in [6.07, 6.45) is 7.02. The molecule has 2 spiro atoms. The lowest BCUT2D eigenvalue weighted by atomic mass is 9.51. The van der Waals surface area contributed by atoms with E-state index in [9.17, 15) is 0 Å². The van der Waals surface area contributed by atoms with Crippen molar-refractivity contribution in [3.63, 3.8) is 0 Å². The number of ether oxygens (including phenoxy) is 2. The first-order valence-electron chi connectivity index (χ1n) is 10.2.